The predicted molar refractivity (Wildman–Crippen MR) is 154 cm³/mol. The minimum atomic E-state index is -0.177. The lowest BCUT2D eigenvalue weighted by atomic mass is 10.1. The van der Waals surface area contributed by atoms with Gasteiger partial charge in [0.05, 0.1) is 22.3 Å². The molecule has 0 bridgehead atoms. The summed E-state index contributed by atoms with van der Waals surface area (Å²) in [6.07, 6.45) is 7.75. The molecular weight excluding hydrogens is 510 g/mol. The molecule has 0 atom stereocenters. The second-order valence-electron chi connectivity index (χ2n) is 10.1. The number of ether oxygens (including phenoxy) is 1. The van der Waals surface area contributed by atoms with Crippen LogP contribution in [0.15, 0.2) is 59.7 Å². The van der Waals surface area contributed by atoms with Gasteiger partial charge in [-0.25, -0.2) is 4.98 Å². The molecule has 3 aromatic rings. The van der Waals surface area contributed by atoms with Gasteiger partial charge in [0.2, 0.25) is 0 Å². The Hall–Kier alpha value is -3.82. The molecule has 3 N–H and O–H groups in total. The van der Waals surface area contributed by atoms with Crippen molar-refractivity contribution >= 4 is 40.6 Å². The minimum Gasteiger partial charge on any atom is -0.404 e. The molecule has 8 nitrogen and oxygen atoms in total. The van der Waals surface area contributed by atoms with Crippen molar-refractivity contribution < 1.29 is 14.3 Å². The molecule has 4 heterocycles. The molecule has 39 heavy (non-hydrogen) atoms. The van der Waals surface area contributed by atoms with E-state index in [0.29, 0.717) is 49.2 Å². The van der Waals surface area contributed by atoms with Crippen LogP contribution in [-0.2, 0) is 11.2 Å². The highest BCUT2D eigenvalue weighted by atomic mass is 32.1. The van der Waals surface area contributed by atoms with Crippen LogP contribution in [0.1, 0.15) is 57.1 Å². The van der Waals surface area contributed by atoms with E-state index in [9.17, 15) is 9.59 Å². The van der Waals surface area contributed by atoms with E-state index in [4.69, 9.17) is 10.5 Å². The number of anilines is 1. The second-order valence-corrected chi connectivity index (χ2v) is 11.1. The van der Waals surface area contributed by atoms with Crippen LogP contribution in [0.4, 0.5) is 5.69 Å². The lowest BCUT2D eigenvalue weighted by molar-refractivity contribution is 0.0872. The first-order valence-corrected chi connectivity index (χ1v) is 14.3. The Balaban J connectivity index is 1.26. The molecular formula is C30H31N5O3S. The van der Waals surface area contributed by atoms with Gasteiger partial charge in [0.25, 0.3) is 11.8 Å². The first-order valence-electron chi connectivity index (χ1n) is 13.5. The second kappa shape index (κ2) is 11.1. The van der Waals surface area contributed by atoms with Crippen molar-refractivity contribution in [3.8, 4) is 10.4 Å². The van der Waals surface area contributed by atoms with E-state index in [1.54, 1.807) is 17.2 Å². The van der Waals surface area contributed by atoms with Crippen LogP contribution >= 0.6 is 11.3 Å². The topological polar surface area (TPSA) is 110 Å². The highest BCUT2D eigenvalue weighted by Crippen LogP contribution is 2.42. The fourth-order valence-corrected chi connectivity index (χ4v) is 6.12. The average molecular weight is 542 g/mol. The molecule has 200 valence electrons. The van der Waals surface area contributed by atoms with Gasteiger partial charge in [0, 0.05) is 54.2 Å². The van der Waals surface area contributed by atoms with E-state index >= 15 is 0 Å². The number of carbonyl (C=O) groups is 2. The Kier molecular flexibility index (Phi) is 7.26. The molecule has 2 aliphatic heterocycles. The lowest BCUT2D eigenvalue weighted by Crippen LogP contribution is -2.33. The molecule has 0 radical (unpaired) electrons. The van der Waals surface area contributed by atoms with Crippen LogP contribution in [-0.4, -0.2) is 54.9 Å². The molecule has 1 aliphatic carbocycles. The third kappa shape index (κ3) is 5.51. The van der Waals surface area contributed by atoms with E-state index in [-0.39, 0.29) is 17.9 Å². The Labute approximate surface area is 231 Å². The summed E-state index contributed by atoms with van der Waals surface area (Å²) in [5, 5.41) is 3.08. The van der Waals surface area contributed by atoms with Gasteiger partial charge in [-0.15, -0.1) is 11.3 Å². The number of aliphatic imine (C=N–C) groups is 1. The van der Waals surface area contributed by atoms with Gasteiger partial charge < -0.3 is 20.7 Å². The number of amides is 2. The number of pyridine rings is 1. The molecule has 1 saturated heterocycles. The summed E-state index contributed by atoms with van der Waals surface area (Å²) < 4.78 is 5.41. The monoisotopic (exact) mass is 541 g/mol. The third-order valence-corrected chi connectivity index (χ3v) is 8.50. The minimum absolute atomic E-state index is 0.00822. The molecule has 2 amide bonds. The quantitative estimate of drug-likeness (QED) is 0.448. The number of nitrogens with one attached hydrogen (secondary N) is 1. The van der Waals surface area contributed by atoms with E-state index in [1.165, 1.54) is 17.5 Å². The summed E-state index contributed by atoms with van der Waals surface area (Å²) in [6.45, 7) is 1.91. The number of fused-ring (bicyclic) bond motifs is 3. The number of rotatable bonds is 6. The van der Waals surface area contributed by atoms with Crippen LogP contribution < -0.4 is 16.0 Å². The van der Waals surface area contributed by atoms with Crippen molar-refractivity contribution in [2.24, 2.45) is 10.7 Å². The molecule has 1 saturated carbocycles. The van der Waals surface area contributed by atoms with Crippen molar-refractivity contribution in [2.75, 3.05) is 24.7 Å². The van der Waals surface area contributed by atoms with Crippen LogP contribution in [0.2, 0.25) is 0 Å². The molecule has 0 spiro atoms. The van der Waals surface area contributed by atoms with Gasteiger partial charge in [-0.05, 0) is 61.9 Å². The number of benzene rings is 1. The zero-order valence-electron chi connectivity index (χ0n) is 21.6. The van der Waals surface area contributed by atoms with Crippen LogP contribution in [0.5, 0.6) is 0 Å². The van der Waals surface area contributed by atoms with Crippen LogP contribution in [0.25, 0.3) is 16.0 Å². The van der Waals surface area contributed by atoms with E-state index in [0.717, 1.165) is 52.3 Å². The van der Waals surface area contributed by atoms with Gasteiger partial charge in [-0.3, -0.25) is 14.6 Å². The van der Waals surface area contributed by atoms with Gasteiger partial charge in [-0.1, -0.05) is 24.3 Å². The normalized spacial score (nSPS) is 17.9. The fourth-order valence-electron chi connectivity index (χ4n) is 4.97. The molecule has 2 aromatic heterocycles. The van der Waals surface area contributed by atoms with Crippen molar-refractivity contribution in [1.29, 1.82) is 0 Å². The molecule has 1 aromatic carbocycles. The first-order chi connectivity index (χ1) is 19.1. The zero-order valence-corrected chi connectivity index (χ0v) is 22.5. The van der Waals surface area contributed by atoms with E-state index < -0.39 is 0 Å². The zero-order chi connectivity index (χ0) is 26.8. The number of hydrogen-bond donors (Lipinski definition) is 2. The van der Waals surface area contributed by atoms with Gasteiger partial charge in [0.15, 0.2) is 0 Å². The van der Waals surface area contributed by atoms with E-state index in [2.05, 4.69) is 15.3 Å². The number of nitrogens with zero attached hydrogens (tertiary/aromatic N) is 3. The van der Waals surface area contributed by atoms with Crippen molar-refractivity contribution in [3.05, 3.63) is 76.6 Å². The number of allylic oxidation sites excluding steroid dienone is 1. The van der Waals surface area contributed by atoms with Gasteiger partial charge in [-0.2, -0.15) is 0 Å². The highest BCUT2D eigenvalue weighted by molar-refractivity contribution is 7.17. The summed E-state index contributed by atoms with van der Waals surface area (Å²) in [5.41, 5.74) is 10.4. The Morgan fingerprint density at radius 2 is 1.87 bits per heavy atom. The van der Waals surface area contributed by atoms with Crippen molar-refractivity contribution in [2.45, 2.75) is 44.2 Å². The number of thiophene rings is 1. The number of hydrogen-bond acceptors (Lipinski definition) is 7. The molecule has 6 rings (SSSR count). The third-order valence-electron chi connectivity index (χ3n) is 7.29. The number of carbonyl (C=O) groups excluding carboxylic acids is 2. The summed E-state index contributed by atoms with van der Waals surface area (Å²) in [6, 6.07) is 15.8. The largest absolute Gasteiger partial charge is 0.404 e. The predicted octanol–water partition coefficient (Wildman–Crippen LogP) is 4.45. The summed E-state index contributed by atoms with van der Waals surface area (Å²) in [7, 11) is 0. The maximum Gasteiger partial charge on any atom is 0.276 e. The van der Waals surface area contributed by atoms with Crippen molar-refractivity contribution in [3.63, 3.8) is 0 Å². The maximum atomic E-state index is 13.9. The number of para-hydroxylation sites is 1. The Bertz CT molecular complexity index is 1450. The summed E-state index contributed by atoms with van der Waals surface area (Å²) >= 11 is 1.50. The van der Waals surface area contributed by atoms with Crippen molar-refractivity contribution in [1.82, 2.24) is 10.3 Å². The number of nitrogens with two attached hydrogens (primary N) is 1. The SMILES string of the molecule is NC=C(C=NC1CCOCC1)c1cccc(C(=O)N2CCc3cc(C(=O)NC4CC4)sc3-c3ccccc32)n1. The molecule has 2 fully saturated rings. The Morgan fingerprint density at radius 3 is 2.67 bits per heavy atom. The summed E-state index contributed by atoms with van der Waals surface area (Å²) in [5.74, 6) is -0.185. The van der Waals surface area contributed by atoms with E-state index in [1.807, 2.05) is 42.5 Å². The summed E-state index contributed by atoms with van der Waals surface area (Å²) in [4.78, 5) is 39.5. The standard InChI is InChI=1S/C30H31N5O3S/c31-17-20(18-32-21-11-14-38-15-12-21)24-5-3-6-25(34-24)30(37)35-13-10-19-16-27(29(36)33-22-8-9-22)39-28(19)23-4-1-2-7-26(23)35/h1-7,16-18,21-22H,8-15,31H2,(H,33,36). The molecule has 0 unspecified atom stereocenters. The number of aromatic nitrogens is 1. The Morgan fingerprint density at radius 1 is 1.08 bits per heavy atom. The van der Waals surface area contributed by atoms with Crippen LogP contribution in [0, 0.1) is 0 Å². The van der Waals surface area contributed by atoms with Gasteiger partial charge in [0.1, 0.15) is 5.69 Å². The maximum absolute atomic E-state index is 13.9. The molecule has 3 aliphatic rings. The molecule has 9 heteroatoms. The lowest BCUT2D eigenvalue weighted by Gasteiger charge is -2.23. The van der Waals surface area contributed by atoms with Crippen LogP contribution in [0.3, 0.4) is 0 Å². The first kappa shape index (κ1) is 25.5. The average Bonchev–Trinajstić information content (AvgIpc) is 3.72. The smallest absolute Gasteiger partial charge is 0.276 e. The fraction of sp³-hybridized carbons (Fsp3) is 0.333. The van der Waals surface area contributed by atoms with Gasteiger partial charge >= 0.3 is 0 Å². The highest BCUT2D eigenvalue weighted by Gasteiger charge is 2.29.